The maximum absolute atomic E-state index is 13.6. The number of hydrogen-bond acceptors (Lipinski definition) is 5. The van der Waals surface area contributed by atoms with E-state index in [1.165, 1.54) is 0 Å². The van der Waals surface area contributed by atoms with Gasteiger partial charge in [-0.3, -0.25) is 14.4 Å². The second kappa shape index (κ2) is 14.0. The molecule has 0 bridgehead atoms. The quantitative estimate of drug-likeness (QED) is 0.576. The molecule has 2 aliphatic heterocycles. The Kier molecular flexibility index (Phi) is 10.1. The number of carbonyl (C=O) groups is 3. The number of nitrogens with one attached hydrogen (secondary N) is 3. The third-order valence-electron chi connectivity index (χ3n) is 7.27. The molecule has 0 unspecified atom stereocenters. The monoisotopic (exact) mass is 520 g/mol. The van der Waals surface area contributed by atoms with E-state index in [0.29, 0.717) is 45.5 Å². The summed E-state index contributed by atoms with van der Waals surface area (Å²) in [6.07, 6.45) is 4.77. The molecule has 4 rings (SSSR count). The van der Waals surface area contributed by atoms with E-state index in [1.54, 1.807) is 4.90 Å². The summed E-state index contributed by atoms with van der Waals surface area (Å²) in [7, 11) is 0. The molecule has 1 saturated heterocycles. The molecular formula is C30H40N4O4. The minimum atomic E-state index is -0.721. The number of carbonyl (C=O) groups excluding carboxylic acids is 3. The number of fused-ring (bicyclic) bond motifs is 2. The van der Waals surface area contributed by atoms with E-state index in [1.807, 2.05) is 61.5 Å². The molecule has 3 N–H and O–H groups in total. The Hall–Kier alpha value is -3.39. The van der Waals surface area contributed by atoms with Crippen LogP contribution < -0.4 is 20.7 Å². The number of rotatable bonds is 4. The van der Waals surface area contributed by atoms with E-state index in [-0.39, 0.29) is 23.8 Å². The van der Waals surface area contributed by atoms with Gasteiger partial charge < -0.3 is 25.6 Å². The van der Waals surface area contributed by atoms with Crippen molar-refractivity contribution in [3.63, 3.8) is 0 Å². The second-order valence-corrected chi connectivity index (χ2v) is 10.1. The van der Waals surface area contributed by atoms with Gasteiger partial charge in [-0.05, 0) is 49.3 Å². The lowest BCUT2D eigenvalue weighted by atomic mass is 10.0. The first kappa shape index (κ1) is 27.6. The van der Waals surface area contributed by atoms with E-state index in [9.17, 15) is 14.4 Å². The Bertz CT molecular complexity index is 1080. The van der Waals surface area contributed by atoms with Crippen LogP contribution in [0.25, 0.3) is 0 Å². The standard InChI is InChI=1S/C30H40N4O4/c1-2-10-24-30(37)34-19-9-15-26(34)29(36)33-25(21-22-11-4-3-5-12-22)28(35)32-17-8-14-23-13-6-7-16-27(23)38-20-18-31-24/h3-7,11-13,16,24-26,31H,2,8-10,14-15,17-21H2,1H3,(H,32,35)(H,33,36)/t24-,25-,26-/m0/s1. The van der Waals surface area contributed by atoms with Gasteiger partial charge in [-0.1, -0.05) is 61.9 Å². The molecule has 0 saturated carbocycles. The zero-order chi connectivity index (χ0) is 26.7. The van der Waals surface area contributed by atoms with Crippen LogP contribution in [0, 0.1) is 0 Å². The highest BCUT2D eigenvalue weighted by Gasteiger charge is 2.38. The van der Waals surface area contributed by atoms with Crippen LogP contribution >= 0.6 is 0 Å². The SMILES string of the molecule is CCC[C@@H]1NCCOc2ccccc2CCCNC(=O)[C@H](Cc2ccccc2)NC(=O)[C@@H]2CCCN2C1=O. The van der Waals surface area contributed by atoms with Crippen molar-refractivity contribution in [1.82, 2.24) is 20.9 Å². The van der Waals surface area contributed by atoms with Gasteiger partial charge in [-0.15, -0.1) is 0 Å². The average Bonchev–Trinajstić information content (AvgIpc) is 3.43. The summed E-state index contributed by atoms with van der Waals surface area (Å²) in [6, 6.07) is 15.9. The van der Waals surface area contributed by atoms with Crippen molar-refractivity contribution in [2.24, 2.45) is 0 Å². The van der Waals surface area contributed by atoms with Gasteiger partial charge in [0.25, 0.3) is 0 Å². The molecule has 8 heteroatoms. The lowest BCUT2D eigenvalue weighted by Crippen LogP contribution is -2.56. The van der Waals surface area contributed by atoms with E-state index in [2.05, 4.69) is 16.0 Å². The summed E-state index contributed by atoms with van der Waals surface area (Å²) < 4.78 is 6.06. The van der Waals surface area contributed by atoms with Crippen LogP contribution in [0.5, 0.6) is 5.75 Å². The number of para-hydroxylation sites is 1. The molecule has 0 aliphatic carbocycles. The normalized spacial score (nSPS) is 23.8. The Morgan fingerprint density at radius 3 is 2.53 bits per heavy atom. The molecule has 8 nitrogen and oxygen atoms in total. The molecule has 0 radical (unpaired) electrons. The summed E-state index contributed by atoms with van der Waals surface area (Å²) in [4.78, 5) is 42.0. The lowest BCUT2D eigenvalue weighted by molar-refractivity contribution is -0.141. The molecule has 2 heterocycles. The van der Waals surface area contributed by atoms with E-state index in [0.717, 1.165) is 42.6 Å². The molecule has 3 amide bonds. The van der Waals surface area contributed by atoms with Gasteiger partial charge >= 0.3 is 0 Å². The van der Waals surface area contributed by atoms with Gasteiger partial charge in [0.1, 0.15) is 24.4 Å². The fourth-order valence-corrected chi connectivity index (χ4v) is 5.29. The molecule has 38 heavy (non-hydrogen) atoms. The van der Waals surface area contributed by atoms with E-state index >= 15 is 0 Å². The van der Waals surface area contributed by atoms with Crippen molar-refractivity contribution < 1.29 is 19.1 Å². The Morgan fingerprint density at radius 1 is 0.921 bits per heavy atom. The minimum Gasteiger partial charge on any atom is -0.492 e. The van der Waals surface area contributed by atoms with E-state index in [4.69, 9.17) is 4.74 Å². The molecule has 3 atom stereocenters. The van der Waals surface area contributed by atoms with E-state index < -0.39 is 12.1 Å². The molecule has 2 aliphatic rings. The number of amides is 3. The largest absolute Gasteiger partial charge is 0.492 e. The third-order valence-corrected chi connectivity index (χ3v) is 7.27. The number of aryl methyl sites for hydroxylation is 1. The zero-order valence-electron chi connectivity index (χ0n) is 22.3. The summed E-state index contributed by atoms with van der Waals surface area (Å²) in [5.74, 6) is 0.291. The van der Waals surface area contributed by atoms with Crippen LogP contribution in [0.4, 0.5) is 0 Å². The second-order valence-electron chi connectivity index (χ2n) is 10.1. The highest BCUT2D eigenvalue weighted by molar-refractivity contribution is 5.93. The van der Waals surface area contributed by atoms with Crippen molar-refractivity contribution in [3.05, 3.63) is 65.7 Å². The predicted molar refractivity (Wildman–Crippen MR) is 147 cm³/mol. The summed E-state index contributed by atoms with van der Waals surface area (Å²) in [5, 5.41) is 9.37. The summed E-state index contributed by atoms with van der Waals surface area (Å²) >= 11 is 0. The van der Waals surface area contributed by atoms with Crippen molar-refractivity contribution in [2.75, 3.05) is 26.2 Å². The maximum atomic E-state index is 13.6. The van der Waals surface area contributed by atoms with Gasteiger partial charge in [0.2, 0.25) is 17.7 Å². The van der Waals surface area contributed by atoms with Crippen LogP contribution in [-0.4, -0.2) is 67.0 Å². The number of nitrogens with zero attached hydrogens (tertiary/aromatic N) is 1. The topological polar surface area (TPSA) is 99.8 Å². The first-order valence-corrected chi connectivity index (χ1v) is 13.9. The third kappa shape index (κ3) is 7.34. The van der Waals surface area contributed by atoms with Crippen LogP contribution in [0.1, 0.15) is 50.2 Å². The van der Waals surface area contributed by atoms with Crippen molar-refractivity contribution >= 4 is 17.7 Å². The van der Waals surface area contributed by atoms with Crippen molar-refractivity contribution in [1.29, 1.82) is 0 Å². The molecule has 2 aromatic rings. The van der Waals surface area contributed by atoms with Crippen LogP contribution in [0.15, 0.2) is 54.6 Å². The number of ether oxygens (including phenoxy) is 1. The summed E-state index contributed by atoms with van der Waals surface area (Å²) in [6.45, 7) is 4.05. The zero-order valence-corrected chi connectivity index (χ0v) is 22.3. The van der Waals surface area contributed by atoms with Crippen molar-refractivity contribution in [2.45, 2.75) is 70.0 Å². The van der Waals surface area contributed by atoms with Gasteiger partial charge in [0, 0.05) is 26.1 Å². The highest BCUT2D eigenvalue weighted by Crippen LogP contribution is 2.21. The van der Waals surface area contributed by atoms with Gasteiger partial charge in [-0.2, -0.15) is 0 Å². The van der Waals surface area contributed by atoms with Crippen LogP contribution in [0.3, 0.4) is 0 Å². The molecule has 2 aromatic carbocycles. The van der Waals surface area contributed by atoms with Crippen LogP contribution in [-0.2, 0) is 27.2 Å². The maximum Gasteiger partial charge on any atom is 0.243 e. The molecule has 0 aromatic heterocycles. The molecular weight excluding hydrogens is 480 g/mol. The molecule has 0 spiro atoms. The number of benzene rings is 2. The average molecular weight is 521 g/mol. The Morgan fingerprint density at radius 2 is 1.71 bits per heavy atom. The smallest absolute Gasteiger partial charge is 0.243 e. The Balaban J connectivity index is 1.56. The first-order valence-electron chi connectivity index (χ1n) is 13.9. The van der Waals surface area contributed by atoms with Crippen molar-refractivity contribution in [3.8, 4) is 5.75 Å². The lowest BCUT2D eigenvalue weighted by Gasteiger charge is -2.30. The molecule has 1 fully saturated rings. The fourth-order valence-electron chi connectivity index (χ4n) is 5.29. The fraction of sp³-hybridized carbons (Fsp3) is 0.500. The highest BCUT2D eigenvalue weighted by atomic mass is 16.5. The van der Waals surface area contributed by atoms with Crippen LogP contribution in [0.2, 0.25) is 0 Å². The Labute approximate surface area is 225 Å². The van der Waals surface area contributed by atoms with Gasteiger partial charge in [0.05, 0.1) is 6.04 Å². The van der Waals surface area contributed by atoms with Gasteiger partial charge in [0.15, 0.2) is 0 Å². The first-order chi connectivity index (χ1) is 18.6. The predicted octanol–water partition coefficient (Wildman–Crippen LogP) is 2.60. The minimum absolute atomic E-state index is 0.0601. The number of hydrogen-bond donors (Lipinski definition) is 3. The molecule has 204 valence electrons. The van der Waals surface area contributed by atoms with Gasteiger partial charge in [-0.25, -0.2) is 0 Å². The summed E-state index contributed by atoms with van der Waals surface area (Å²) in [5.41, 5.74) is 2.05.